The Morgan fingerprint density at radius 1 is 1.21 bits per heavy atom. The zero-order valence-corrected chi connectivity index (χ0v) is 22.5. The summed E-state index contributed by atoms with van der Waals surface area (Å²) in [6.07, 6.45) is 1.11. The molecule has 3 N–H and O–H groups in total. The number of hydrogen-bond donors (Lipinski definition) is 2. The Kier molecular flexibility index (Phi) is 8.61. The van der Waals surface area contributed by atoms with Crippen molar-refractivity contribution in [2.75, 3.05) is 20.3 Å². The molecule has 0 fully saturated rings. The first kappa shape index (κ1) is 27.8. The number of nitrogens with two attached hydrogens (primary N) is 1. The second kappa shape index (κ2) is 12.1. The summed E-state index contributed by atoms with van der Waals surface area (Å²) in [4.78, 5) is 31.0. The van der Waals surface area contributed by atoms with E-state index in [1.807, 2.05) is 26.0 Å². The molecular formula is C29H28ClFN4O4. The average Bonchev–Trinajstić information content (AvgIpc) is 3.34. The molecule has 1 aliphatic heterocycles. The monoisotopic (exact) mass is 550 g/mol. The van der Waals surface area contributed by atoms with E-state index < -0.39 is 11.8 Å². The van der Waals surface area contributed by atoms with Crippen LogP contribution < -0.4 is 20.5 Å². The van der Waals surface area contributed by atoms with Crippen LogP contribution in [0.5, 0.6) is 11.5 Å². The smallest absolute Gasteiger partial charge is 0.228 e. The predicted octanol–water partition coefficient (Wildman–Crippen LogP) is 4.65. The van der Waals surface area contributed by atoms with Gasteiger partial charge in [0.2, 0.25) is 12.3 Å². The van der Waals surface area contributed by atoms with Crippen LogP contribution in [0.25, 0.3) is 22.2 Å². The molecule has 4 aromatic rings. The number of primary amides is 1. The van der Waals surface area contributed by atoms with Crippen molar-refractivity contribution in [3.63, 3.8) is 0 Å². The van der Waals surface area contributed by atoms with Crippen LogP contribution in [0.2, 0.25) is 5.02 Å². The van der Waals surface area contributed by atoms with Crippen LogP contribution in [0.4, 0.5) is 4.39 Å². The maximum Gasteiger partial charge on any atom is 0.228 e. The normalized spacial score (nSPS) is 13.6. The Hall–Kier alpha value is -4.24. The summed E-state index contributed by atoms with van der Waals surface area (Å²) in [5.74, 6) is -0.0677. The fraction of sp³-hybridized carbons (Fsp3) is 0.241. The minimum atomic E-state index is -0.542. The van der Waals surface area contributed by atoms with Crippen molar-refractivity contribution in [1.82, 2.24) is 15.3 Å². The summed E-state index contributed by atoms with van der Waals surface area (Å²) in [6, 6.07) is 13.6. The number of halogens is 2. The highest BCUT2D eigenvalue weighted by atomic mass is 35.5. The van der Waals surface area contributed by atoms with E-state index in [1.165, 1.54) is 12.1 Å². The molecule has 0 saturated carbocycles. The van der Waals surface area contributed by atoms with Crippen molar-refractivity contribution in [3.8, 4) is 22.8 Å². The van der Waals surface area contributed by atoms with Crippen LogP contribution >= 0.6 is 11.6 Å². The van der Waals surface area contributed by atoms with Gasteiger partial charge in [-0.2, -0.15) is 0 Å². The minimum absolute atomic E-state index is 0.163. The lowest BCUT2D eigenvalue weighted by molar-refractivity contribution is -0.119. The number of ether oxygens (including phenoxy) is 2. The number of methoxy groups -OCH3 is 1. The van der Waals surface area contributed by atoms with E-state index in [4.69, 9.17) is 26.8 Å². The van der Waals surface area contributed by atoms with Crippen molar-refractivity contribution in [3.05, 3.63) is 81.9 Å². The summed E-state index contributed by atoms with van der Waals surface area (Å²) in [5.41, 5.74) is 10.9. The number of nitrogens with zero attached hydrogens (tertiary/aromatic N) is 2. The summed E-state index contributed by atoms with van der Waals surface area (Å²) in [5, 5.41) is 4.28. The van der Waals surface area contributed by atoms with Gasteiger partial charge in [-0.05, 0) is 67.9 Å². The molecule has 3 heterocycles. The van der Waals surface area contributed by atoms with Gasteiger partial charge in [0, 0.05) is 35.2 Å². The number of nitrogens with one attached hydrogen (secondary N) is 1. The third-order valence-electron chi connectivity index (χ3n) is 6.27. The molecule has 2 aromatic heterocycles. The first-order chi connectivity index (χ1) is 18.7. The number of carbonyl (C=O) groups is 2. The van der Waals surface area contributed by atoms with Crippen molar-refractivity contribution < 1.29 is 23.5 Å². The molecule has 2 aromatic carbocycles. The van der Waals surface area contributed by atoms with Crippen LogP contribution in [-0.4, -0.2) is 42.5 Å². The molecule has 202 valence electrons. The van der Waals surface area contributed by atoms with Crippen molar-refractivity contribution in [2.45, 2.75) is 26.2 Å². The number of aryl methyl sites for hydroxylation is 2. The summed E-state index contributed by atoms with van der Waals surface area (Å²) in [6.45, 7) is 4.49. The molecule has 0 spiro atoms. The number of hydrogen-bond acceptors (Lipinski definition) is 6. The number of pyridine rings is 2. The predicted molar refractivity (Wildman–Crippen MR) is 148 cm³/mol. The number of benzene rings is 2. The van der Waals surface area contributed by atoms with Gasteiger partial charge in [-0.15, -0.1) is 0 Å². The highest BCUT2D eigenvalue weighted by Crippen LogP contribution is 2.41. The maximum absolute atomic E-state index is 13.2. The van der Waals surface area contributed by atoms with Gasteiger partial charge in [0.15, 0.2) is 0 Å². The molecule has 0 aliphatic carbocycles. The molecule has 8 nitrogen and oxygen atoms in total. The second-order valence-electron chi connectivity index (χ2n) is 9.07. The van der Waals surface area contributed by atoms with E-state index in [2.05, 4.69) is 21.4 Å². The van der Waals surface area contributed by atoms with Gasteiger partial charge >= 0.3 is 0 Å². The fourth-order valence-corrected chi connectivity index (χ4v) is 4.48. The number of amides is 2. The number of fused-ring (bicyclic) bond motifs is 2. The highest BCUT2D eigenvalue weighted by molar-refractivity contribution is 6.31. The topological polar surface area (TPSA) is 116 Å². The first-order valence-electron chi connectivity index (χ1n) is 12.2. The fourth-order valence-electron chi connectivity index (χ4n) is 4.32. The number of rotatable bonds is 7. The van der Waals surface area contributed by atoms with E-state index in [1.54, 1.807) is 25.3 Å². The van der Waals surface area contributed by atoms with Crippen molar-refractivity contribution in [1.29, 1.82) is 0 Å². The van der Waals surface area contributed by atoms with E-state index in [-0.39, 0.29) is 12.4 Å². The molecule has 1 unspecified atom stereocenters. The third-order valence-corrected chi connectivity index (χ3v) is 6.65. The van der Waals surface area contributed by atoms with Gasteiger partial charge < -0.3 is 20.5 Å². The lowest BCUT2D eigenvalue weighted by atomic mass is 9.97. The summed E-state index contributed by atoms with van der Waals surface area (Å²) < 4.78 is 24.1. The molecule has 2 amide bonds. The minimum Gasteiger partial charge on any atom is -0.494 e. The van der Waals surface area contributed by atoms with Crippen LogP contribution in [-0.2, 0) is 16.0 Å². The quantitative estimate of drug-likeness (QED) is 0.255. The van der Waals surface area contributed by atoms with Gasteiger partial charge in [-0.1, -0.05) is 11.6 Å². The summed E-state index contributed by atoms with van der Waals surface area (Å²) in [7, 11) is 1.65. The molecule has 5 rings (SSSR count). The Balaban J connectivity index is 0.000000202. The molecule has 0 saturated heterocycles. The SMILES string of the molecule is COc1cc(C)cc2cc(Cl)c(C)nc12.NC(=O)C1COc2c1cc(CCNC=O)nc2-c1ccc(F)cc1. The molecule has 0 bridgehead atoms. The van der Waals surface area contributed by atoms with Gasteiger partial charge in [-0.25, -0.2) is 14.4 Å². The van der Waals surface area contributed by atoms with Crippen LogP contribution in [0, 0.1) is 19.7 Å². The van der Waals surface area contributed by atoms with Crippen LogP contribution in [0.3, 0.4) is 0 Å². The second-order valence-corrected chi connectivity index (χ2v) is 9.48. The van der Waals surface area contributed by atoms with E-state index in [9.17, 15) is 14.0 Å². The molecule has 1 atom stereocenters. The lowest BCUT2D eigenvalue weighted by Crippen LogP contribution is -2.22. The Labute approximate surface area is 230 Å². The lowest BCUT2D eigenvalue weighted by Gasteiger charge is -2.11. The molecule has 10 heteroatoms. The van der Waals surface area contributed by atoms with E-state index >= 15 is 0 Å². The largest absolute Gasteiger partial charge is 0.494 e. The van der Waals surface area contributed by atoms with E-state index in [0.717, 1.165) is 27.9 Å². The van der Waals surface area contributed by atoms with Gasteiger partial charge in [0.1, 0.15) is 41.1 Å². The van der Waals surface area contributed by atoms with Crippen LogP contribution in [0.1, 0.15) is 28.4 Å². The van der Waals surface area contributed by atoms with Crippen molar-refractivity contribution in [2.24, 2.45) is 5.73 Å². The first-order valence-corrected chi connectivity index (χ1v) is 12.6. The standard InChI is InChI=1S/C17H16FN3O3.C12H12ClNO/c18-11-3-1-10(2-4-11)15-16-13(14(8-24-16)17(19)23)7-12(21-15)5-6-20-9-22;1-7-4-9-6-10(13)8(2)14-12(9)11(5-7)15-3/h1-4,7,9,14H,5-6,8H2,(H2,19,23)(H,20,22);4-6H,1-3H3. The Morgan fingerprint density at radius 2 is 1.95 bits per heavy atom. The van der Waals surface area contributed by atoms with E-state index in [0.29, 0.717) is 52.7 Å². The molecule has 0 radical (unpaired) electrons. The Bertz CT molecular complexity index is 1530. The van der Waals surface area contributed by atoms with Gasteiger partial charge in [0.05, 0.1) is 17.8 Å². The zero-order chi connectivity index (χ0) is 28.1. The average molecular weight is 551 g/mol. The van der Waals surface area contributed by atoms with Crippen molar-refractivity contribution >= 4 is 34.8 Å². The number of aromatic nitrogens is 2. The molecule has 1 aliphatic rings. The summed E-state index contributed by atoms with van der Waals surface area (Å²) >= 11 is 6.03. The van der Waals surface area contributed by atoms with Gasteiger partial charge in [0.25, 0.3) is 0 Å². The Morgan fingerprint density at radius 3 is 2.62 bits per heavy atom. The number of carbonyl (C=O) groups excluding carboxylic acids is 2. The highest BCUT2D eigenvalue weighted by Gasteiger charge is 2.32. The van der Waals surface area contributed by atoms with Crippen LogP contribution in [0.15, 0.2) is 48.5 Å². The zero-order valence-electron chi connectivity index (χ0n) is 21.8. The molecular weight excluding hydrogens is 523 g/mol. The maximum atomic E-state index is 13.2. The van der Waals surface area contributed by atoms with Gasteiger partial charge in [-0.3, -0.25) is 9.59 Å². The third kappa shape index (κ3) is 6.26. The molecule has 39 heavy (non-hydrogen) atoms.